The van der Waals surface area contributed by atoms with Gasteiger partial charge < -0.3 is 9.64 Å². The molecule has 2 aromatic heterocycles. The number of rotatable bonds is 5. The normalized spacial score (nSPS) is 11.8. The first-order valence-corrected chi connectivity index (χ1v) is 7.97. The number of hydrogen-bond donors (Lipinski definition) is 1. The van der Waals surface area contributed by atoms with Crippen LogP contribution in [0.5, 0.6) is 5.75 Å². The molecule has 1 amide bonds. The van der Waals surface area contributed by atoms with Crippen molar-refractivity contribution in [3.8, 4) is 17.0 Å². The SMILES string of the molecule is COc1ccc(-c2cc(C(=O)N(C)[C@H](C)c3ccncc3)[nH]n2)cc1. The molecule has 1 aromatic carbocycles. The van der Waals surface area contributed by atoms with Crippen LogP contribution in [0.1, 0.15) is 29.0 Å². The Morgan fingerprint density at radius 1 is 1.16 bits per heavy atom. The third kappa shape index (κ3) is 3.52. The quantitative estimate of drug-likeness (QED) is 0.776. The lowest BCUT2D eigenvalue weighted by molar-refractivity contribution is 0.0736. The highest BCUT2D eigenvalue weighted by Gasteiger charge is 2.21. The molecule has 0 saturated carbocycles. The van der Waals surface area contributed by atoms with Gasteiger partial charge in [0.25, 0.3) is 5.91 Å². The standard InChI is InChI=1S/C19H20N4O2/c1-13(14-8-10-20-11-9-14)23(2)19(24)18-12-17(21-22-18)15-4-6-16(25-3)7-5-15/h4-13H,1-3H3,(H,21,22)/t13-/m1/s1. The van der Waals surface area contributed by atoms with Crippen molar-refractivity contribution in [1.29, 1.82) is 0 Å². The number of pyridine rings is 1. The molecule has 3 aromatic rings. The minimum absolute atomic E-state index is 0.0664. The lowest BCUT2D eigenvalue weighted by atomic mass is 10.1. The van der Waals surface area contributed by atoms with Crippen molar-refractivity contribution in [3.63, 3.8) is 0 Å². The lowest BCUT2D eigenvalue weighted by Gasteiger charge is -2.24. The van der Waals surface area contributed by atoms with Crippen molar-refractivity contribution >= 4 is 5.91 Å². The zero-order valence-electron chi connectivity index (χ0n) is 14.4. The smallest absolute Gasteiger partial charge is 0.272 e. The number of hydrogen-bond acceptors (Lipinski definition) is 4. The van der Waals surface area contributed by atoms with E-state index in [0.29, 0.717) is 5.69 Å². The van der Waals surface area contributed by atoms with E-state index in [4.69, 9.17) is 4.74 Å². The molecule has 0 aliphatic rings. The number of benzene rings is 1. The minimum atomic E-state index is -0.114. The summed E-state index contributed by atoms with van der Waals surface area (Å²) in [5, 5.41) is 7.09. The van der Waals surface area contributed by atoms with Crippen LogP contribution in [0.25, 0.3) is 11.3 Å². The Bertz CT molecular complexity index is 843. The molecule has 0 saturated heterocycles. The second kappa shape index (κ2) is 7.17. The van der Waals surface area contributed by atoms with Gasteiger partial charge in [-0.15, -0.1) is 0 Å². The number of carbonyl (C=O) groups excluding carboxylic acids is 1. The van der Waals surface area contributed by atoms with Crippen LogP contribution in [0.15, 0.2) is 54.9 Å². The van der Waals surface area contributed by atoms with Crippen molar-refractivity contribution in [2.45, 2.75) is 13.0 Å². The molecule has 1 atom stereocenters. The molecular formula is C19H20N4O2. The van der Waals surface area contributed by atoms with E-state index >= 15 is 0 Å². The van der Waals surface area contributed by atoms with E-state index in [2.05, 4.69) is 15.2 Å². The zero-order chi connectivity index (χ0) is 17.8. The van der Waals surface area contributed by atoms with E-state index in [-0.39, 0.29) is 11.9 Å². The van der Waals surface area contributed by atoms with E-state index in [1.807, 2.05) is 43.3 Å². The molecule has 0 radical (unpaired) electrons. The predicted octanol–water partition coefficient (Wildman–Crippen LogP) is 3.31. The van der Waals surface area contributed by atoms with Gasteiger partial charge in [0, 0.05) is 25.0 Å². The van der Waals surface area contributed by atoms with Gasteiger partial charge in [0.1, 0.15) is 11.4 Å². The van der Waals surface area contributed by atoms with Crippen LogP contribution in [0.2, 0.25) is 0 Å². The summed E-state index contributed by atoms with van der Waals surface area (Å²) in [7, 11) is 3.40. The summed E-state index contributed by atoms with van der Waals surface area (Å²) in [6.45, 7) is 1.98. The maximum atomic E-state index is 12.7. The molecule has 0 fully saturated rings. The molecule has 0 aliphatic heterocycles. The van der Waals surface area contributed by atoms with Crippen molar-refractivity contribution < 1.29 is 9.53 Å². The molecule has 1 N–H and O–H groups in total. The monoisotopic (exact) mass is 336 g/mol. The first kappa shape index (κ1) is 16.7. The fraction of sp³-hybridized carbons (Fsp3) is 0.211. The molecule has 3 rings (SSSR count). The summed E-state index contributed by atoms with van der Waals surface area (Å²) in [4.78, 5) is 18.4. The number of methoxy groups -OCH3 is 1. The average Bonchev–Trinajstić information content (AvgIpc) is 3.17. The highest BCUT2D eigenvalue weighted by molar-refractivity contribution is 5.93. The summed E-state index contributed by atoms with van der Waals surface area (Å²) in [5.41, 5.74) is 3.12. The Hall–Kier alpha value is -3.15. The van der Waals surface area contributed by atoms with Gasteiger partial charge in [0.2, 0.25) is 0 Å². The minimum Gasteiger partial charge on any atom is -0.497 e. The van der Waals surface area contributed by atoms with Gasteiger partial charge in [0.05, 0.1) is 18.8 Å². The topological polar surface area (TPSA) is 71.1 Å². The Labute approximate surface area is 146 Å². The van der Waals surface area contributed by atoms with Gasteiger partial charge in [0.15, 0.2) is 0 Å². The molecule has 6 heteroatoms. The van der Waals surface area contributed by atoms with Crippen molar-refractivity contribution in [2.75, 3.05) is 14.2 Å². The molecule has 2 heterocycles. The molecule has 0 bridgehead atoms. The first-order chi connectivity index (χ1) is 12.1. The maximum absolute atomic E-state index is 12.7. The highest BCUT2D eigenvalue weighted by atomic mass is 16.5. The summed E-state index contributed by atoms with van der Waals surface area (Å²) in [6, 6.07) is 13.1. The van der Waals surface area contributed by atoms with E-state index < -0.39 is 0 Å². The zero-order valence-corrected chi connectivity index (χ0v) is 14.4. The van der Waals surface area contributed by atoms with Crippen LogP contribution >= 0.6 is 0 Å². The average molecular weight is 336 g/mol. The van der Waals surface area contributed by atoms with Crippen LogP contribution in [-0.4, -0.2) is 40.1 Å². The first-order valence-electron chi connectivity index (χ1n) is 7.97. The Morgan fingerprint density at radius 2 is 1.84 bits per heavy atom. The molecule has 6 nitrogen and oxygen atoms in total. The van der Waals surface area contributed by atoms with Gasteiger partial charge in [-0.1, -0.05) is 0 Å². The number of ether oxygens (including phenoxy) is 1. The summed E-state index contributed by atoms with van der Waals surface area (Å²) in [5.74, 6) is 0.665. The summed E-state index contributed by atoms with van der Waals surface area (Å²) >= 11 is 0. The fourth-order valence-corrected chi connectivity index (χ4v) is 2.57. The second-order valence-electron chi connectivity index (χ2n) is 5.77. The van der Waals surface area contributed by atoms with E-state index in [1.54, 1.807) is 37.5 Å². The number of carbonyl (C=O) groups is 1. The molecule has 128 valence electrons. The van der Waals surface area contributed by atoms with Gasteiger partial charge in [-0.05, 0) is 55.0 Å². The molecule has 0 spiro atoms. The van der Waals surface area contributed by atoms with Gasteiger partial charge in [-0.2, -0.15) is 5.10 Å². The van der Waals surface area contributed by atoms with E-state index in [1.165, 1.54) is 0 Å². The van der Waals surface area contributed by atoms with E-state index in [9.17, 15) is 4.79 Å². The highest BCUT2D eigenvalue weighted by Crippen LogP contribution is 2.23. The fourth-order valence-electron chi connectivity index (χ4n) is 2.57. The second-order valence-corrected chi connectivity index (χ2v) is 5.77. The summed E-state index contributed by atoms with van der Waals surface area (Å²) < 4.78 is 5.15. The Kier molecular flexibility index (Phi) is 4.79. The van der Waals surface area contributed by atoms with Crippen molar-refractivity contribution in [2.24, 2.45) is 0 Å². The predicted molar refractivity (Wildman–Crippen MR) is 95.3 cm³/mol. The van der Waals surface area contributed by atoms with Crippen LogP contribution in [0.4, 0.5) is 0 Å². The molecular weight excluding hydrogens is 316 g/mol. The molecule has 25 heavy (non-hydrogen) atoms. The largest absolute Gasteiger partial charge is 0.497 e. The maximum Gasteiger partial charge on any atom is 0.272 e. The number of H-pyrrole nitrogens is 1. The van der Waals surface area contributed by atoms with Crippen LogP contribution < -0.4 is 4.74 Å². The lowest BCUT2D eigenvalue weighted by Crippen LogP contribution is -2.29. The Morgan fingerprint density at radius 3 is 2.48 bits per heavy atom. The molecule has 0 unspecified atom stereocenters. The number of nitrogens with one attached hydrogen (secondary N) is 1. The van der Waals surface area contributed by atoms with Crippen molar-refractivity contribution in [3.05, 3.63) is 66.1 Å². The molecule has 0 aliphatic carbocycles. The number of aromatic amines is 1. The van der Waals surface area contributed by atoms with Crippen molar-refractivity contribution in [1.82, 2.24) is 20.1 Å². The third-order valence-electron chi connectivity index (χ3n) is 4.28. The summed E-state index contributed by atoms with van der Waals surface area (Å²) in [6.07, 6.45) is 3.45. The van der Waals surface area contributed by atoms with Crippen LogP contribution in [-0.2, 0) is 0 Å². The number of amides is 1. The van der Waals surface area contributed by atoms with Gasteiger partial charge in [-0.25, -0.2) is 0 Å². The van der Waals surface area contributed by atoms with Crippen LogP contribution in [0.3, 0.4) is 0 Å². The Balaban J connectivity index is 1.77. The van der Waals surface area contributed by atoms with Gasteiger partial charge in [-0.3, -0.25) is 14.9 Å². The van der Waals surface area contributed by atoms with E-state index in [0.717, 1.165) is 22.6 Å². The third-order valence-corrected chi connectivity index (χ3v) is 4.28. The number of aromatic nitrogens is 3. The van der Waals surface area contributed by atoms with Gasteiger partial charge >= 0.3 is 0 Å². The number of nitrogens with zero attached hydrogens (tertiary/aromatic N) is 3. The van der Waals surface area contributed by atoms with Crippen LogP contribution in [0, 0.1) is 0 Å².